The van der Waals surface area contributed by atoms with E-state index in [1.807, 2.05) is 6.26 Å². The molecule has 1 heterocycles. The van der Waals surface area contributed by atoms with Crippen LogP contribution in [0.15, 0.2) is 24.3 Å². The van der Waals surface area contributed by atoms with Crippen LogP contribution in [0.5, 0.6) is 0 Å². The SMILES string of the molecule is CSCCC(C(=O)Cl)N1C(=O)c2ccccc2C1=O. The van der Waals surface area contributed by atoms with Gasteiger partial charge < -0.3 is 0 Å². The standard InChI is InChI=1S/C13H12ClNO3S/c1-19-7-6-10(11(14)16)15-12(17)8-4-2-3-5-9(8)13(15)18/h2-5,10H,6-7H2,1H3. The normalized spacial score (nSPS) is 15.6. The highest BCUT2D eigenvalue weighted by Crippen LogP contribution is 2.26. The third-order valence-corrected chi connectivity index (χ3v) is 3.89. The van der Waals surface area contributed by atoms with Crippen LogP contribution in [0.25, 0.3) is 0 Å². The molecule has 1 unspecified atom stereocenters. The van der Waals surface area contributed by atoms with Gasteiger partial charge in [0.05, 0.1) is 11.1 Å². The lowest BCUT2D eigenvalue weighted by Gasteiger charge is -2.22. The van der Waals surface area contributed by atoms with Gasteiger partial charge >= 0.3 is 0 Å². The van der Waals surface area contributed by atoms with Gasteiger partial charge in [-0.05, 0) is 42.2 Å². The first-order valence-corrected chi connectivity index (χ1v) is 7.50. The summed E-state index contributed by atoms with van der Waals surface area (Å²) in [6.07, 6.45) is 2.26. The molecule has 0 bridgehead atoms. The van der Waals surface area contributed by atoms with E-state index in [1.54, 1.807) is 24.3 Å². The van der Waals surface area contributed by atoms with Gasteiger partial charge in [-0.1, -0.05) is 12.1 Å². The molecule has 1 aromatic carbocycles. The Balaban J connectivity index is 2.33. The number of halogens is 1. The number of carbonyl (C=O) groups is 3. The third kappa shape index (κ3) is 2.53. The average Bonchev–Trinajstić information content (AvgIpc) is 2.64. The van der Waals surface area contributed by atoms with Gasteiger partial charge in [-0.25, -0.2) is 0 Å². The van der Waals surface area contributed by atoms with E-state index < -0.39 is 23.1 Å². The van der Waals surface area contributed by atoms with Crippen molar-refractivity contribution in [2.45, 2.75) is 12.5 Å². The molecule has 2 amide bonds. The molecular weight excluding hydrogens is 286 g/mol. The Kier molecular flexibility index (Phi) is 4.27. The van der Waals surface area contributed by atoms with E-state index in [-0.39, 0.29) is 0 Å². The summed E-state index contributed by atoms with van der Waals surface area (Å²) in [5.74, 6) is -0.238. The topological polar surface area (TPSA) is 54.5 Å². The highest BCUT2D eigenvalue weighted by Gasteiger charge is 2.41. The van der Waals surface area contributed by atoms with Crippen LogP contribution in [0.3, 0.4) is 0 Å². The van der Waals surface area contributed by atoms with Crippen molar-refractivity contribution in [3.63, 3.8) is 0 Å². The molecule has 100 valence electrons. The monoisotopic (exact) mass is 297 g/mol. The minimum atomic E-state index is -0.887. The maximum Gasteiger partial charge on any atom is 0.262 e. The van der Waals surface area contributed by atoms with Crippen LogP contribution in [-0.4, -0.2) is 40.0 Å². The zero-order valence-electron chi connectivity index (χ0n) is 10.3. The first-order valence-electron chi connectivity index (χ1n) is 5.73. The molecule has 2 rings (SSSR count). The first kappa shape index (κ1) is 14.1. The van der Waals surface area contributed by atoms with Gasteiger partial charge in [-0.15, -0.1) is 0 Å². The average molecular weight is 298 g/mol. The van der Waals surface area contributed by atoms with Crippen LogP contribution >= 0.6 is 23.4 Å². The molecule has 4 nitrogen and oxygen atoms in total. The Morgan fingerprint density at radius 1 is 1.26 bits per heavy atom. The first-order chi connectivity index (χ1) is 9.07. The quantitative estimate of drug-likeness (QED) is 0.617. The summed E-state index contributed by atoms with van der Waals surface area (Å²) in [7, 11) is 0. The molecule has 0 aromatic heterocycles. The molecule has 1 aliphatic rings. The summed E-state index contributed by atoms with van der Waals surface area (Å²) in [5, 5.41) is -0.677. The highest BCUT2D eigenvalue weighted by atomic mass is 35.5. The molecule has 0 radical (unpaired) electrons. The minimum Gasteiger partial charge on any atom is -0.279 e. The zero-order valence-corrected chi connectivity index (χ0v) is 11.8. The van der Waals surface area contributed by atoms with Crippen LogP contribution < -0.4 is 0 Å². The van der Waals surface area contributed by atoms with Crippen molar-refractivity contribution in [2.75, 3.05) is 12.0 Å². The molecule has 19 heavy (non-hydrogen) atoms. The second-order valence-electron chi connectivity index (χ2n) is 4.13. The van der Waals surface area contributed by atoms with Crippen LogP contribution in [-0.2, 0) is 4.79 Å². The summed E-state index contributed by atoms with van der Waals surface area (Å²) in [5.41, 5.74) is 0.666. The number of rotatable bonds is 5. The van der Waals surface area contributed by atoms with Crippen molar-refractivity contribution in [3.8, 4) is 0 Å². The van der Waals surface area contributed by atoms with Gasteiger partial charge in [0.15, 0.2) is 0 Å². The predicted molar refractivity (Wildman–Crippen MR) is 74.6 cm³/mol. The van der Waals surface area contributed by atoms with E-state index in [0.717, 1.165) is 4.90 Å². The molecule has 1 aliphatic heterocycles. The van der Waals surface area contributed by atoms with Gasteiger partial charge in [0, 0.05) is 0 Å². The molecule has 0 aliphatic carbocycles. The summed E-state index contributed by atoms with van der Waals surface area (Å²) in [4.78, 5) is 36.9. The summed E-state index contributed by atoms with van der Waals surface area (Å²) < 4.78 is 0. The smallest absolute Gasteiger partial charge is 0.262 e. The fourth-order valence-corrected chi connectivity index (χ4v) is 2.73. The number of carbonyl (C=O) groups excluding carboxylic acids is 3. The van der Waals surface area contributed by atoms with Gasteiger partial charge in [0.2, 0.25) is 5.24 Å². The Labute approximate surface area is 120 Å². The minimum absolute atomic E-state index is 0.333. The van der Waals surface area contributed by atoms with E-state index in [4.69, 9.17) is 11.6 Å². The van der Waals surface area contributed by atoms with Crippen molar-refractivity contribution in [1.29, 1.82) is 0 Å². The zero-order chi connectivity index (χ0) is 14.0. The second kappa shape index (κ2) is 5.75. The number of benzene rings is 1. The summed E-state index contributed by atoms with van der Waals surface area (Å²) in [6, 6.07) is 5.65. The van der Waals surface area contributed by atoms with E-state index >= 15 is 0 Å². The lowest BCUT2D eigenvalue weighted by atomic mass is 10.1. The van der Waals surface area contributed by atoms with E-state index in [2.05, 4.69) is 0 Å². The Morgan fingerprint density at radius 2 is 1.79 bits per heavy atom. The van der Waals surface area contributed by atoms with Crippen LogP contribution in [0.2, 0.25) is 0 Å². The van der Waals surface area contributed by atoms with Crippen molar-refractivity contribution in [3.05, 3.63) is 35.4 Å². The molecule has 0 saturated carbocycles. The Morgan fingerprint density at radius 3 is 2.21 bits per heavy atom. The molecule has 6 heteroatoms. The lowest BCUT2D eigenvalue weighted by molar-refractivity contribution is -0.115. The Bertz CT molecular complexity index is 511. The third-order valence-electron chi connectivity index (χ3n) is 2.99. The van der Waals surface area contributed by atoms with Crippen molar-refractivity contribution >= 4 is 40.4 Å². The van der Waals surface area contributed by atoms with Crippen LogP contribution in [0, 0.1) is 0 Å². The second-order valence-corrected chi connectivity index (χ2v) is 5.49. The highest BCUT2D eigenvalue weighted by molar-refractivity contribution is 7.98. The number of amides is 2. The number of fused-ring (bicyclic) bond motifs is 1. The molecular formula is C13H12ClNO3S. The number of hydrogen-bond donors (Lipinski definition) is 0. The largest absolute Gasteiger partial charge is 0.279 e. The van der Waals surface area contributed by atoms with Gasteiger partial charge in [-0.3, -0.25) is 19.3 Å². The van der Waals surface area contributed by atoms with Crippen LogP contribution in [0.1, 0.15) is 27.1 Å². The number of imide groups is 1. The summed E-state index contributed by atoms with van der Waals surface area (Å²) in [6.45, 7) is 0. The molecule has 1 aromatic rings. The lowest BCUT2D eigenvalue weighted by Crippen LogP contribution is -2.43. The number of hydrogen-bond acceptors (Lipinski definition) is 4. The maximum absolute atomic E-state index is 12.2. The van der Waals surface area contributed by atoms with Crippen molar-refractivity contribution in [1.82, 2.24) is 4.90 Å². The fourth-order valence-electron chi connectivity index (χ4n) is 2.06. The van der Waals surface area contributed by atoms with Gasteiger partial charge in [-0.2, -0.15) is 11.8 Å². The van der Waals surface area contributed by atoms with Gasteiger partial charge in [0.1, 0.15) is 6.04 Å². The number of nitrogens with zero attached hydrogens (tertiary/aromatic N) is 1. The van der Waals surface area contributed by atoms with Gasteiger partial charge in [0.25, 0.3) is 11.8 Å². The molecule has 0 saturated heterocycles. The van der Waals surface area contributed by atoms with Crippen LogP contribution in [0.4, 0.5) is 0 Å². The summed E-state index contributed by atoms with van der Waals surface area (Å²) >= 11 is 7.07. The maximum atomic E-state index is 12.2. The molecule has 0 fully saturated rings. The predicted octanol–water partition coefficient (Wildman–Crippen LogP) is 2.17. The Hall–Kier alpha value is -1.33. The molecule has 0 spiro atoms. The fraction of sp³-hybridized carbons (Fsp3) is 0.308. The van der Waals surface area contributed by atoms with E-state index in [9.17, 15) is 14.4 Å². The van der Waals surface area contributed by atoms with E-state index in [0.29, 0.717) is 23.3 Å². The molecule has 0 N–H and O–H groups in total. The molecule has 1 atom stereocenters. The van der Waals surface area contributed by atoms with Crippen molar-refractivity contribution in [2.24, 2.45) is 0 Å². The van der Waals surface area contributed by atoms with E-state index in [1.165, 1.54) is 11.8 Å². The van der Waals surface area contributed by atoms with Crippen molar-refractivity contribution < 1.29 is 14.4 Å². The number of thioether (sulfide) groups is 1.